The van der Waals surface area contributed by atoms with Crippen LogP contribution in [0.5, 0.6) is 5.75 Å². The molecule has 3 aromatic rings. The van der Waals surface area contributed by atoms with Gasteiger partial charge in [-0.25, -0.2) is 0 Å². The van der Waals surface area contributed by atoms with Gasteiger partial charge in [0.25, 0.3) is 0 Å². The van der Waals surface area contributed by atoms with Crippen molar-refractivity contribution in [1.82, 2.24) is 0 Å². The Balaban J connectivity index is 1.92. The van der Waals surface area contributed by atoms with E-state index in [4.69, 9.17) is 10.5 Å². The molecule has 2 nitrogen and oxygen atoms in total. The number of aryl methyl sites for hydroxylation is 1. The zero-order chi connectivity index (χ0) is 19.4. The second kappa shape index (κ2) is 7.84. The summed E-state index contributed by atoms with van der Waals surface area (Å²) >= 11 is 0. The summed E-state index contributed by atoms with van der Waals surface area (Å²) in [5.41, 5.74) is 9.01. The highest BCUT2D eigenvalue weighted by Crippen LogP contribution is 2.35. The standard InChI is InChI=1S/C22H20F3NO/c1-15-10-18(17-8-5-9-20(12-17)22(23,24)25)11-19(13-26)21(15)27-14-16-6-3-2-4-7-16/h2-12H,13-14,26H2,1H3. The van der Waals surface area contributed by atoms with Gasteiger partial charge < -0.3 is 10.5 Å². The molecule has 0 unspecified atom stereocenters. The average Bonchev–Trinajstić information content (AvgIpc) is 2.66. The first-order chi connectivity index (χ1) is 12.9. The lowest BCUT2D eigenvalue weighted by Gasteiger charge is -2.16. The number of ether oxygens (including phenoxy) is 1. The van der Waals surface area contributed by atoms with Gasteiger partial charge in [-0.15, -0.1) is 0 Å². The number of benzene rings is 3. The molecule has 0 aromatic heterocycles. The number of halogens is 3. The van der Waals surface area contributed by atoms with Crippen LogP contribution in [0.15, 0.2) is 66.7 Å². The Kier molecular flexibility index (Phi) is 5.51. The summed E-state index contributed by atoms with van der Waals surface area (Å²) in [6.45, 7) is 2.51. The van der Waals surface area contributed by atoms with Crippen LogP contribution < -0.4 is 10.5 Å². The third kappa shape index (κ3) is 4.49. The number of alkyl halides is 3. The second-order valence-electron chi connectivity index (χ2n) is 6.34. The van der Waals surface area contributed by atoms with Gasteiger partial charge in [-0.2, -0.15) is 13.2 Å². The predicted octanol–water partition coefficient (Wildman–Crippen LogP) is 5.72. The molecule has 0 aliphatic rings. The van der Waals surface area contributed by atoms with Gasteiger partial charge in [0.1, 0.15) is 12.4 Å². The van der Waals surface area contributed by atoms with E-state index in [1.807, 2.05) is 43.3 Å². The first kappa shape index (κ1) is 19.0. The Labute approximate surface area is 156 Å². The smallest absolute Gasteiger partial charge is 0.416 e. The van der Waals surface area contributed by atoms with Crippen molar-refractivity contribution in [3.63, 3.8) is 0 Å². The molecule has 2 N–H and O–H groups in total. The largest absolute Gasteiger partial charge is 0.488 e. The minimum absolute atomic E-state index is 0.234. The highest BCUT2D eigenvalue weighted by atomic mass is 19.4. The molecule has 27 heavy (non-hydrogen) atoms. The fourth-order valence-corrected chi connectivity index (χ4v) is 2.98. The van der Waals surface area contributed by atoms with Gasteiger partial charge in [0.2, 0.25) is 0 Å². The molecule has 3 aromatic carbocycles. The SMILES string of the molecule is Cc1cc(-c2cccc(C(F)(F)F)c2)cc(CN)c1OCc1ccccc1. The van der Waals surface area contributed by atoms with Crippen molar-refractivity contribution >= 4 is 0 Å². The van der Waals surface area contributed by atoms with E-state index in [2.05, 4.69) is 0 Å². The molecule has 0 heterocycles. The van der Waals surface area contributed by atoms with Crippen molar-refractivity contribution in [2.24, 2.45) is 5.73 Å². The van der Waals surface area contributed by atoms with Crippen LogP contribution in [0.1, 0.15) is 22.3 Å². The normalized spacial score (nSPS) is 11.4. The van der Waals surface area contributed by atoms with E-state index in [9.17, 15) is 13.2 Å². The molecular formula is C22H20F3NO. The zero-order valence-corrected chi connectivity index (χ0v) is 14.9. The van der Waals surface area contributed by atoms with Crippen molar-refractivity contribution in [2.45, 2.75) is 26.3 Å². The molecule has 0 radical (unpaired) electrons. The summed E-state index contributed by atoms with van der Waals surface area (Å²) in [6, 6.07) is 18.7. The lowest BCUT2D eigenvalue weighted by atomic mass is 9.97. The van der Waals surface area contributed by atoms with Crippen LogP contribution in [-0.2, 0) is 19.3 Å². The van der Waals surface area contributed by atoms with E-state index in [-0.39, 0.29) is 6.54 Å². The predicted molar refractivity (Wildman–Crippen MR) is 100 cm³/mol. The van der Waals surface area contributed by atoms with E-state index in [1.165, 1.54) is 6.07 Å². The molecule has 0 bridgehead atoms. The molecule has 0 fully saturated rings. The molecule has 0 aliphatic heterocycles. The van der Waals surface area contributed by atoms with Crippen LogP contribution in [0.4, 0.5) is 13.2 Å². The van der Waals surface area contributed by atoms with Crippen molar-refractivity contribution in [3.05, 3.63) is 89.0 Å². The monoisotopic (exact) mass is 371 g/mol. The molecule has 0 aliphatic carbocycles. The first-order valence-corrected chi connectivity index (χ1v) is 8.56. The summed E-state index contributed by atoms with van der Waals surface area (Å²) < 4.78 is 44.9. The van der Waals surface area contributed by atoms with Crippen molar-refractivity contribution < 1.29 is 17.9 Å². The quantitative estimate of drug-likeness (QED) is 0.623. The summed E-state index contributed by atoms with van der Waals surface area (Å²) in [5, 5.41) is 0. The van der Waals surface area contributed by atoms with Crippen LogP contribution in [-0.4, -0.2) is 0 Å². The summed E-state index contributed by atoms with van der Waals surface area (Å²) in [4.78, 5) is 0. The first-order valence-electron chi connectivity index (χ1n) is 8.56. The fraction of sp³-hybridized carbons (Fsp3) is 0.182. The van der Waals surface area contributed by atoms with Crippen molar-refractivity contribution in [2.75, 3.05) is 0 Å². The van der Waals surface area contributed by atoms with Gasteiger partial charge >= 0.3 is 6.18 Å². The molecule has 140 valence electrons. The Morgan fingerprint density at radius 3 is 2.30 bits per heavy atom. The zero-order valence-electron chi connectivity index (χ0n) is 14.9. The number of hydrogen-bond acceptors (Lipinski definition) is 2. The molecule has 5 heteroatoms. The van der Waals surface area contributed by atoms with E-state index in [0.717, 1.165) is 28.8 Å². The number of rotatable bonds is 5. The maximum atomic E-state index is 13.0. The third-order valence-electron chi connectivity index (χ3n) is 4.32. The number of nitrogens with two attached hydrogens (primary N) is 1. The molecule has 0 amide bonds. The lowest BCUT2D eigenvalue weighted by Crippen LogP contribution is -2.06. The van der Waals surface area contributed by atoms with Crippen molar-refractivity contribution in [1.29, 1.82) is 0 Å². The highest BCUT2D eigenvalue weighted by molar-refractivity contribution is 5.68. The highest BCUT2D eigenvalue weighted by Gasteiger charge is 2.30. The molecule has 0 spiro atoms. The van der Waals surface area contributed by atoms with Gasteiger partial charge in [0, 0.05) is 12.1 Å². The van der Waals surface area contributed by atoms with Crippen molar-refractivity contribution in [3.8, 4) is 16.9 Å². The molecule has 0 saturated heterocycles. The fourth-order valence-electron chi connectivity index (χ4n) is 2.98. The molecule has 0 saturated carbocycles. The van der Waals surface area contributed by atoms with E-state index >= 15 is 0 Å². The van der Waals surface area contributed by atoms with Crippen LogP contribution in [0, 0.1) is 6.92 Å². The van der Waals surface area contributed by atoms with Gasteiger partial charge in [-0.05, 0) is 53.4 Å². The van der Waals surface area contributed by atoms with Gasteiger partial charge in [-0.1, -0.05) is 42.5 Å². The van der Waals surface area contributed by atoms with E-state index < -0.39 is 11.7 Å². The Morgan fingerprint density at radius 1 is 0.889 bits per heavy atom. The molecule has 3 rings (SSSR count). The lowest BCUT2D eigenvalue weighted by molar-refractivity contribution is -0.137. The number of hydrogen-bond donors (Lipinski definition) is 1. The van der Waals surface area contributed by atoms with Crippen LogP contribution in [0.2, 0.25) is 0 Å². The Hall–Kier alpha value is -2.79. The average molecular weight is 371 g/mol. The van der Waals surface area contributed by atoms with Crippen LogP contribution in [0.3, 0.4) is 0 Å². The minimum atomic E-state index is -4.37. The Bertz CT molecular complexity index is 921. The van der Waals surface area contributed by atoms with Gasteiger partial charge in [0.15, 0.2) is 0 Å². The van der Waals surface area contributed by atoms with Crippen LogP contribution in [0.25, 0.3) is 11.1 Å². The summed E-state index contributed by atoms with van der Waals surface area (Å²) in [6.07, 6.45) is -4.37. The maximum Gasteiger partial charge on any atom is 0.416 e. The van der Waals surface area contributed by atoms with Gasteiger partial charge in [0.05, 0.1) is 5.56 Å². The van der Waals surface area contributed by atoms with E-state index in [1.54, 1.807) is 12.1 Å². The summed E-state index contributed by atoms with van der Waals surface area (Å²) in [7, 11) is 0. The van der Waals surface area contributed by atoms with Gasteiger partial charge in [-0.3, -0.25) is 0 Å². The third-order valence-corrected chi connectivity index (χ3v) is 4.32. The Morgan fingerprint density at radius 2 is 1.63 bits per heavy atom. The second-order valence-corrected chi connectivity index (χ2v) is 6.34. The maximum absolute atomic E-state index is 13.0. The topological polar surface area (TPSA) is 35.2 Å². The minimum Gasteiger partial charge on any atom is -0.488 e. The van der Waals surface area contributed by atoms with E-state index in [0.29, 0.717) is 23.5 Å². The van der Waals surface area contributed by atoms with Crippen LogP contribution >= 0.6 is 0 Å². The molecule has 0 atom stereocenters. The molecular weight excluding hydrogens is 351 g/mol. The summed E-state index contributed by atoms with van der Waals surface area (Å²) in [5.74, 6) is 0.678.